The van der Waals surface area contributed by atoms with Crippen LogP contribution in [-0.4, -0.2) is 17.1 Å². The normalized spacial score (nSPS) is 11.9. The molecule has 1 atom stereocenters. The van der Waals surface area contributed by atoms with Gasteiger partial charge in [-0.2, -0.15) is 0 Å². The van der Waals surface area contributed by atoms with Gasteiger partial charge in [0.25, 0.3) is 0 Å². The lowest BCUT2D eigenvalue weighted by Gasteiger charge is -2.17. The Morgan fingerprint density at radius 1 is 1.37 bits per heavy atom. The summed E-state index contributed by atoms with van der Waals surface area (Å²) in [6.45, 7) is 2.00. The fourth-order valence-electron chi connectivity index (χ4n) is 1.76. The average Bonchev–Trinajstić information content (AvgIpc) is 2.39. The minimum Gasteiger partial charge on any atom is -0.490 e. The molecule has 100 valence electrons. The summed E-state index contributed by atoms with van der Waals surface area (Å²) in [5, 5.41) is 3.93. The number of rotatable bonds is 4. The van der Waals surface area contributed by atoms with Gasteiger partial charge in [0.1, 0.15) is 6.33 Å². The lowest BCUT2D eigenvalue weighted by molar-refractivity contribution is 0.415. The molecule has 19 heavy (non-hydrogen) atoms. The van der Waals surface area contributed by atoms with Gasteiger partial charge in [-0.3, -0.25) is 0 Å². The SMILES string of the molecule is COc1c(N)ncnc1NC(C)c1cccc(Cl)c1. The van der Waals surface area contributed by atoms with Crippen LogP contribution in [0.25, 0.3) is 0 Å². The summed E-state index contributed by atoms with van der Waals surface area (Å²) in [5.74, 6) is 1.30. The van der Waals surface area contributed by atoms with Crippen molar-refractivity contribution in [1.29, 1.82) is 0 Å². The van der Waals surface area contributed by atoms with E-state index < -0.39 is 0 Å². The van der Waals surface area contributed by atoms with Gasteiger partial charge in [-0.05, 0) is 24.6 Å². The van der Waals surface area contributed by atoms with E-state index in [1.54, 1.807) is 0 Å². The van der Waals surface area contributed by atoms with Crippen molar-refractivity contribution in [2.24, 2.45) is 0 Å². The molecule has 0 radical (unpaired) electrons. The number of nitrogens with two attached hydrogens (primary N) is 1. The smallest absolute Gasteiger partial charge is 0.203 e. The number of hydrogen-bond donors (Lipinski definition) is 2. The highest BCUT2D eigenvalue weighted by atomic mass is 35.5. The maximum absolute atomic E-state index is 5.98. The Morgan fingerprint density at radius 3 is 2.84 bits per heavy atom. The van der Waals surface area contributed by atoms with Crippen molar-refractivity contribution in [3.63, 3.8) is 0 Å². The van der Waals surface area contributed by atoms with Crippen molar-refractivity contribution in [3.8, 4) is 5.75 Å². The van der Waals surface area contributed by atoms with Crippen LogP contribution in [0.3, 0.4) is 0 Å². The lowest BCUT2D eigenvalue weighted by Crippen LogP contribution is -2.10. The molecule has 3 N–H and O–H groups in total. The molecule has 0 aliphatic heterocycles. The second kappa shape index (κ2) is 5.75. The molecule has 1 unspecified atom stereocenters. The summed E-state index contributed by atoms with van der Waals surface area (Å²) in [7, 11) is 1.53. The number of benzene rings is 1. The Hall–Kier alpha value is -2.01. The summed E-state index contributed by atoms with van der Waals surface area (Å²) < 4.78 is 5.20. The molecule has 0 aliphatic rings. The zero-order valence-electron chi connectivity index (χ0n) is 10.7. The Bertz CT molecular complexity index is 576. The number of aromatic nitrogens is 2. The highest BCUT2D eigenvalue weighted by Crippen LogP contribution is 2.29. The number of methoxy groups -OCH3 is 1. The van der Waals surface area contributed by atoms with Crippen molar-refractivity contribution >= 4 is 23.2 Å². The molecule has 0 saturated carbocycles. The summed E-state index contributed by atoms with van der Waals surface area (Å²) >= 11 is 5.98. The first-order chi connectivity index (χ1) is 9.11. The van der Waals surface area contributed by atoms with Gasteiger partial charge >= 0.3 is 0 Å². The van der Waals surface area contributed by atoms with Gasteiger partial charge in [-0.25, -0.2) is 9.97 Å². The number of nitrogen functional groups attached to an aromatic ring is 1. The van der Waals surface area contributed by atoms with Crippen LogP contribution < -0.4 is 15.8 Å². The molecule has 0 fully saturated rings. The van der Waals surface area contributed by atoms with E-state index in [0.29, 0.717) is 22.4 Å². The number of ether oxygens (including phenoxy) is 1. The third kappa shape index (κ3) is 3.06. The first-order valence-corrected chi connectivity index (χ1v) is 6.16. The van der Waals surface area contributed by atoms with Crippen LogP contribution in [0, 0.1) is 0 Å². The van der Waals surface area contributed by atoms with E-state index in [1.165, 1.54) is 13.4 Å². The summed E-state index contributed by atoms with van der Waals surface area (Å²) in [4.78, 5) is 8.02. The van der Waals surface area contributed by atoms with Gasteiger partial charge in [0.05, 0.1) is 13.2 Å². The van der Waals surface area contributed by atoms with Crippen LogP contribution in [0.1, 0.15) is 18.5 Å². The predicted molar refractivity (Wildman–Crippen MR) is 76.5 cm³/mol. The molecule has 0 amide bonds. The number of anilines is 2. The molecular formula is C13H15ClN4O. The van der Waals surface area contributed by atoms with Crippen molar-refractivity contribution in [1.82, 2.24) is 9.97 Å². The number of nitrogens with one attached hydrogen (secondary N) is 1. The van der Waals surface area contributed by atoms with E-state index in [0.717, 1.165) is 5.56 Å². The van der Waals surface area contributed by atoms with E-state index in [4.69, 9.17) is 22.1 Å². The van der Waals surface area contributed by atoms with Crippen molar-refractivity contribution in [2.45, 2.75) is 13.0 Å². The highest BCUT2D eigenvalue weighted by molar-refractivity contribution is 6.30. The molecular weight excluding hydrogens is 264 g/mol. The number of hydrogen-bond acceptors (Lipinski definition) is 5. The standard InChI is InChI=1S/C13H15ClN4O/c1-8(9-4-3-5-10(14)6-9)18-13-11(19-2)12(15)16-7-17-13/h3-8H,1-2H3,(H3,15,16,17,18). The molecule has 1 heterocycles. The second-order valence-corrected chi connectivity index (χ2v) is 4.50. The predicted octanol–water partition coefficient (Wildman–Crippen LogP) is 2.89. The van der Waals surface area contributed by atoms with Crippen LogP contribution in [0.5, 0.6) is 5.75 Å². The van der Waals surface area contributed by atoms with Crippen molar-refractivity contribution < 1.29 is 4.74 Å². The number of nitrogens with zero attached hydrogens (tertiary/aromatic N) is 2. The maximum Gasteiger partial charge on any atom is 0.203 e. The summed E-state index contributed by atoms with van der Waals surface area (Å²) in [6.07, 6.45) is 1.39. The molecule has 5 nitrogen and oxygen atoms in total. The molecule has 6 heteroatoms. The van der Waals surface area contributed by atoms with E-state index in [-0.39, 0.29) is 6.04 Å². The maximum atomic E-state index is 5.98. The zero-order valence-corrected chi connectivity index (χ0v) is 11.5. The molecule has 2 aromatic rings. The topological polar surface area (TPSA) is 73.1 Å². The van der Waals surface area contributed by atoms with Gasteiger partial charge in [0.15, 0.2) is 11.6 Å². The quantitative estimate of drug-likeness (QED) is 0.900. The van der Waals surface area contributed by atoms with Gasteiger partial charge in [0, 0.05) is 5.02 Å². The minimum atomic E-state index is 0.0156. The molecule has 0 spiro atoms. The van der Waals surface area contributed by atoms with Crippen LogP contribution in [0.15, 0.2) is 30.6 Å². The lowest BCUT2D eigenvalue weighted by atomic mass is 10.1. The van der Waals surface area contributed by atoms with Gasteiger partial charge in [0.2, 0.25) is 5.75 Å². The van der Waals surface area contributed by atoms with Crippen LogP contribution in [-0.2, 0) is 0 Å². The molecule has 2 rings (SSSR count). The Morgan fingerprint density at radius 2 is 2.16 bits per heavy atom. The first-order valence-electron chi connectivity index (χ1n) is 5.78. The average molecular weight is 279 g/mol. The highest BCUT2D eigenvalue weighted by Gasteiger charge is 2.13. The Balaban J connectivity index is 2.24. The van der Waals surface area contributed by atoms with E-state index in [1.807, 2.05) is 31.2 Å². The molecule has 1 aromatic carbocycles. The molecule has 1 aromatic heterocycles. The van der Waals surface area contributed by atoms with Crippen LogP contribution in [0.4, 0.5) is 11.6 Å². The van der Waals surface area contributed by atoms with Crippen LogP contribution >= 0.6 is 11.6 Å². The Labute approximate surface area is 116 Å². The fraction of sp³-hybridized carbons (Fsp3) is 0.231. The third-order valence-electron chi connectivity index (χ3n) is 2.74. The van der Waals surface area contributed by atoms with Crippen LogP contribution in [0.2, 0.25) is 5.02 Å². The monoisotopic (exact) mass is 278 g/mol. The third-order valence-corrected chi connectivity index (χ3v) is 2.97. The molecule has 0 saturated heterocycles. The van der Waals surface area contributed by atoms with Crippen molar-refractivity contribution in [2.75, 3.05) is 18.2 Å². The van der Waals surface area contributed by atoms with E-state index in [9.17, 15) is 0 Å². The molecule has 0 aliphatic carbocycles. The Kier molecular flexibility index (Phi) is 4.06. The van der Waals surface area contributed by atoms with E-state index in [2.05, 4.69) is 15.3 Å². The molecule has 0 bridgehead atoms. The number of halogens is 1. The van der Waals surface area contributed by atoms with Gasteiger partial charge in [-0.1, -0.05) is 23.7 Å². The first kappa shape index (κ1) is 13.4. The van der Waals surface area contributed by atoms with Gasteiger partial charge < -0.3 is 15.8 Å². The van der Waals surface area contributed by atoms with E-state index >= 15 is 0 Å². The second-order valence-electron chi connectivity index (χ2n) is 4.06. The zero-order chi connectivity index (χ0) is 13.8. The summed E-state index contributed by atoms with van der Waals surface area (Å²) in [6, 6.07) is 7.64. The van der Waals surface area contributed by atoms with Gasteiger partial charge in [-0.15, -0.1) is 0 Å². The fourth-order valence-corrected chi connectivity index (χ4v) is 1.95. The summed E-state index contributed by atoms with van der Waals surface area (Å²) in [5.41, 5.74) is 6.78. The van der Waals surface area contributed by atoms with Crippen molar-refractivity contribution in [3.05, 3.63) is 41.2 Å². The minimum absolute atomic E-state index is 0.0156. The largest absolute Gasteiger partial charge is 0.490 e.